The topological polar surface area (TPSA) is 101 Å². The van der Waals surface area contributed by atoms with Gasteiger partial charge in [0.1, 0.15) is 23.0 Å². The molecule has 232 valence electrons. The van der Waals surface area contributed by atoms with Crippen molar-refractivity contribution in [1.29, 1.82) is 0 Å². The molecule has 2 aliphatic rings. The highest BCUT2D eigenvalue weighted by Crippen LogP contribution is 2.38. The van der Waals surface area contributed by atoms with Crippen molar-refractivity contribution in [2.24, 2.45) is 0 Å². The highest BCUT2D eigenvalue weighted by atomic mass is 32.1. The Morgan fingerprint density at radius 3 is 2.47 bits per heavy atom. The first kappa shape index (κ1) is 31.1. The van der Waals surface area contributed by atoms with Crippen LogP contribution in [0.25, 0.3) is 10.2 Å². The van der Waals surface area contributed by atoms with Crippen LogP contribution in [0.15, 0.2) is 36.4 Å². The monoisotopic (exact) mass is 623 g/mol. The van der Waals surface area contributed by atoms with Crippen molar-refractivity contribution in [2.75, 3.05) is 25.0 Å². The van der Waals surface area contributed by atoms with E-state index in [2.05, 4.69) is 29.0 Å². The number of carbonyl (C=O) groups is 1. The first-order chi connectivity index (χ1) is 20.4. The normalized spacial score (nSPS) is 23.4. The number of amides is 1. The van der Waals surface area contributed by atoms with Crippen LogP contribution in [0.2, 0.25) is 0 Å². The number of nitrogens with zero attached hydrogens (tertiary/aromatic N) is 4. The highest BCUT2D eigenvalue weighted by Gasteiger charge is 2.39. The van der Waals surface area contributed by atoms with Crippen molar-refractivity contribution >= 4 is 38.8 Å². The summed E-state index contributed by atoms with van der Waals surface area (Å²) in [5.74, 6) is -0.394. The summed E-state index contributed by atoms with van der Waals surface area (Å²) >= 11 is 1.54. The molecule has 0 radical (unpaired) electrons. The predicted octanol–water partition coefficient (Wildman–Crippen LogP) is 6.22. The number of hydrogen-bond acceptors (Lipinski definition) is 8. The van der Waals surface area contributed by atoms with Crippen LogP contribution in [-0.2, 0) is 22.3 Å². The molecule has 1 aromatic heterocycles. The Labute approximate surface area is 250 Å². The van der Waals surface area contributed by atoms with Crippen LogP contribution < -0.4 is 5.32 Å². The van der Waals surface area contributed by atoms with Gasteiger partial charge < -0.3 is 15.0 Å². The number of thiazole rings is 1. The van der Waals surface area contributed by atoms with Gasteiger partial charge in [-0.3, -0.25) is 19.8 Å². The van der Waals surface area contributed by atoms with Gasteiger partial charge in [-0.05, 0) is 63.8 Å². The molecule has 1 saturated heterocycles. The smallest absolute Gasteiger partial charge is 0.382 e. The number of nitro groups is 1. The van der Waals surface area contributed by atoms with Gasteiger partial charge in [-0.2, -0.15) is 13.2 Å². The lowest BCUT2D eigenvalue weighted by Gasteiger charge is -2.44. The SMILES string of the molecule is C[C@@H]1CN(C(=O)COC2CCC(Nc3ccc([N+](=O)[O-])c(C(F)(F)F)c3)CC2)C[C@H](C)N1Cc1nc2cc(F)ccc2s1. The van der Waals surface area contributed by atoms with Crippen molar-refractivity contribution in [2.45, 2.75) is 76.5 Å². The molecule has 2 aromatic carbocycles. The Kier molecular flexibility index (Phi) is 9.18. The number of hydrogen-bond donors (Lipinski definition) is 1. The number of aromatic nitrogens is 1. The van der Waals surface area contributed by atoms with Gasteiger partial charge in [0.25, 0.3) is 5.69 Å². The zero-order valence-electron chi connectivity index (χ0n) is 23.8. The maximum atomic E-state index is 13.6. The van der Waals surface area contributed by atoms with Crippen LogP contribution in [0.5, 0.6) is 0 Å². The molecule has 2 fully saturated rings. The molecule has 3 aromatic rings. The molecule has 43 heavy (non-hydrogen) atoms. The number of piperazine rings is 1. The number of ether oxygens (including phenoxy) is 1. The van der Waals surface area contributed by atoms with Crippen molar-refractivity contribution < 1.29 is 32.0 Å². The van der Waals surface area contributed by atoms with E-state index in [4.69, 9.17) is 4.74 Å². The first-order valence-corrected chi connectivity index (χ1v) is 15.0. The summed E-state index contributed by atoms with van der Waals surface area (Å²) in [5.41, 5.74) is -1.43. The molecule has 2 heterocycles. The molecule has 5 rings (SSSR count). The van der Waals surface area contributed by atoms with Gasteiger partial charge in [0.2, 0.25) is 5.91 Å². The van der Waals surface area contributed by atoms with E-state index in [1.165, 1.54) is 18.2 Å². The van der Waals surface area contributed by atoms with Gasteiger partial charge in [0, 0.05) is 49.0 Å². The number of benzene rings is 2. The number of anilines is 1. The van der Waals surface area contributed by atoms with Gasteiger partial charge in [-0.1, -0.05) is 0 Å². The molecule has 1 N–H and O–H groups in total. The van der Waals surface area contributed by atoms with E-state index >= 15 is 0 Å². The van der Waals surface area contributed by atoms with Crippen LogP contribution in [0.4, 0.5) is 28.9 Å². The third-order valence-corrected chi connectivity index (χ3v) is 9.17. The second-order valence-electron chi connectivity index (χ2n) is 11.3. The number of fused-ring (bicyclic) bond motifs is 1. The fraction of sp³-hybridized carbons (Fsp3) is 0.517. The van der Waals surface area contributed by atoms with Crippen LogP contribution in [0.3, 0.4) is 0 Å². The summed E-state index contributed by atoms with van der Waals surface area (Å²) in [6, 6.07) is 7.63. The molecule has 9 nitrogen and oxygen atoms in total. The number of nitrogens with one attached hydrogen (secondary N) is 1. The fourth-order valence-electron chi connectivity index (χ4n) is 5.95. The van der Waals surface area contributed by atoms with E-state index in [0.29, 0.717) is 50.8 Å². The molecule has 1 aliphatic heterocycles. The minimum Gasteiger partial charge on any atom is -0.382 e. The average molecular weight is 624 g/mol. The van der Waals surface area contributed by atoms with Crippen LogP contribution in [0, 0.1) is 15.9 Å². The number of rotatable bonds is 8. The average Bonchev–Trinajstić information content (AvgIpc) is 3.35. The lowest BCUT2D eigenvalue weighted by atomic mass is 9.92. The first-order valence-electron chi connectivity index (χ1n) is 14.2. The molecule has 1 saturated carbocycles. The molecule has 0 unspecified atom stereocenters. The minimum atomic E-state index is -4.83. The third-order valence-electron chi connectivity index (χ3n) is 8.15. The standard InChI is InChI=1S/C29H33F4N5O4S/c1-17-13-36(14-18(2)37(17)15-27-35-24-11-19(30)3-10-26(24)43-27)28(39)16-42-22-7-4-20(5-8-22)34-21-6-9-25(38(40)41)23(12-21)29(31,32)33/h3,6,9-12,17-18,20,22,34H,4-5,7-8,13-16H2,1-2H3/t17-,18+,20?,22?. The van der Waals surface area contributed by atoms with Crippen LogP contribution >= 0.6 is 11.3 Å². The summed E-state index contributed by atoms with van der Waals surface area (Å²) in [6.45, 7) is 5.83. The number of alkyl halides is 3. The Morgan fingerprint density at radius 1 is 1.12 bits per heavy atom. The minimum absolute atomic E-state index is 0.0388. The Hall–Kier alpha value is -3.36. The van der Waals surface area contributed by atoms with Gasteiger partial charge in [-0.15, -0.1) is 11.3 Å². The van der Waals surface area contributed by atoms with E-state index in [-0.39, 0.29) is 48.2 Å². The summed E-state index contributed by atoms with van der Waals surface area (Å²) in [5, 5.41) is 15.0. The Bertz CT molecular complexity index is 1460. The van der Waals surface area contributed by atoms with E-state index < -0.39 is 22.4 Å². The summed E-state index contributed by atoms with van der Waals surface area (Å²) in [4.78, 5) is 31.7. The second-order valence-corrected chi connectivity index (χ2v) is 12.4. The van der Waals surface area contributed by atoms with Crippen LogP contribution in [0.1, 0.15) is 50.1 Å². The molecule has 2 atom stereocenters. The van der Waals surface area contributed by atoms with Gasteiger partial charge in [0.15, 0.2) is 0 Å². The molecular weight excluding hydrogens is 590 g/mol. The maximum Gasteiger partial charge on any atom is 0.423 e. The van der Waals surface area contributed by atoms with Crippen molar-refractivity contribution in [3.63, 3.8) is 0 Å². The fourth-order valence-corrected chi connectivity index (χ4v) is 6.90. The van der Waals surface area contributed by atoms with Crippen molar-refractivity contribution in [1.82, 2.24) is 14.8 Å². The van der Waals surface area contributed by atoms with Gasteiger partial charge >= 0.3 is 6.18 Å². The zero-order chi connectivity index (χ0) is 30.9. The number of carbonyl (C=O) groups excluding carboxylic acids is 1. The van der Waals surface area contributed by atoms with Crippen molar-refractivity contribution in [3.05, 3.63) is 62.9 Å². The number of nitro benzene ring substituents is 1. The largest absolute Gasteiger partial charge is 0.423 e. The zero-order valence-corrected chi connectivity index (χ0v) is 24.6. The lowest BCUT2D eigenvalue weighted by molar-refractivity contribution is -0.388. The third kappa shape index (κ3) is 7.42. The molecule has 0 bridgehead atoms. The van der Waals surface area contributed by atoms with Crippen LogP contribution in [-0.4, -0.2) is 69.5 Å². The maximum absolute atomic E-state index is 13.6. The summed E-state index contributed by atoms with van der Waals surface area (Å²) < 4.78 is 60.4. The quantitative estimate of drug-likeness (QED) is 0.181. The van der Waals surface area contributed by atoms with E-state index in [1.807, 2.05) is 4.90 Å². The predicted molar refractivity (Wildman–Crippen MR) is 154 cm³/mol. The molecule has 14 heteroatoms. The Morgan fingerprint density at radius 2 is 1.81 bits per heavy atom. The van der Waals surface area contributed by atoms with Gasteiger partial charge in [0.05, 0.1) is 27.8 Å². The van der Waals surface area contributed by atoms with E-state index in [9.17, 15) is 32.5 Å². The summed E-state index contributed by atoms with van der Waals surface area (Å²) in [6.07, 6.45) is -2.44. The van der Waals surface area contributed by atoms with Crippen molar-refractivity contribution in [3.8, 4) is 0 Å². The van der Waals surface area contributed by atoms with Gasteiger partial charge in [-0.25, -0.2) is 9.37 Å². The lowest BCUT2D eigenvalue weighted by Crippen LogP contribution is -2.58. The second kappa shape index (κ2) is 12.7. The molecule has 1 aliphatic carbocycles. The Balaban J connectivity index is 1.07. The summed E-state index contributed by atoms with van der Waals surface area (Å²) in [7, 11) is 0. The highest BCUT2D eigenvalue weighted by molar-refractivity contribution is 7.18. The molecule has 0 spiro atoms. The molecular formula is C29H33F4N5O4S. The van der Waals surface area contributed by atoms with E-state index in [1.54, 1.807) is 17.4 Å². The van der Waals surface area contributed by atoms with E-state index in [0.717, 1.165) is 21.8 Å². The number of halogens is 4. The molecule has 1 amide bonds.